The number of carbonyl (C=O) groups is 3. The van der Waals surface area contributed by atoms with Gasteiger partial charge in [0.15, 0.2) is 6.61 Å². The van der Waals surface area contributed by atoms with Crippen molar-refractivity contribution in [2.45, 2.75) is 39.8 Å². The van der Waals surface area contributed by atoms with E-state index in [1.807, 2.05) is 70.2 Å². The van der Waals surface area contributed by atoms with E-state index in [-0.39, 0.29) is 37.0 Å². The van der Waals surface area contributed by atoms with Crippen LogP contribution in [0, 0.1) is 0 Å². The third-order valence-corrected chi connectivity index (χ3v) is 4.40. The van der Waals surface area contributed by atoms with Crippen molar-refractivity contribution in [2.24, 2.45) is 0 Å². The molecule has 0 unspecified atom stereocenters. The molecule has 29 heavy (non-hydrogen) atoms. The van der Waals surface area contributed by atoms with Crippen LogP contribution in [0.4, 0.5) is 0 Å². The van der Waals surface area contributed by atoms with Gasteiger partial charge in [-0.2, -0.15) is 0 Å². The second kappa shape index (κ2) is 10.4. The number of ether oxygens (including phenoxy) is 1. The van der Waals surface area contributed by atoms with Crippen LogP contribution in [-0.4, -0.2) is 47.9 Å². The van der Waals surface area contributed by atoms with E-state index < -0.39 is 5.97 Å². The highest BCUT2D eigenvalue weighted by Crippen LogP contribution is 2.19. The van der Waals surface area contributed by atoms with Crippen molar-refractivity contribution in [1.29, 1.82) is 0 Å². The fraction of sp³-hybridized carbons (Fsp3) is 0.348. The van der Waals surface area contributed by atoms with Crippen molar-refractivity contribution in [3.63, 3.8) is 0 Å². The summed E-state index contributed by atoms with van der Waals surface area (Å²) in [6, 6.07) is 17.0. The van der Waals surface area contributed by atoms with Gasteiger partial charge in [-0.3, -0.25) is 14.4 Å². The van der Waals surface area contributed by atoms with E-state index in [4.69, 9.17) is 4.74 Å². The lowest BCUT2D eigenvalue weighted by Gasteiger charge is -2.30. The van der Waals surface area contributed by atoms with Crippen LogP contribution in [0.3, 0.4) is 0 Å². The molecule has 2 aromatic carbocycles. The van der Waals surface area contributed by atoms with Crippen molar-refractivity contribution >= 4 is 17.8 Å². The number of nitrogens with one attached hydrogen (secondary N) is 1. The molecule has 0 bridgehead atoms. The van der Waals surface area contributed by atoms with Crippen LogP contribution in [0.1, 0.15) is 38.1 Å². The predicted molar refractivity (Wildman–Crippen MR) is 112 cm³/mol. The van der Waals surface area contributed by atoms with Crippen molar-refractivity contribution in [1.82, 2.24) is 10.2 Å². The monoisotopic (exact) mass is 396 g/mol. The van der Waals surface area contributed by atoms with Gasteiger partial charge in [-0.15, -0.1) is 0 Å². The number of esters is 1. The van der Waals surface area contributed by atoms with Crippen LogP contribution in [0.15, 0.2) is 54.6 Å². The first-order chi connectivity index (χ1) is 13.8. The summed E-state index contributed by atoms with van der Waals surface area (Å²) in [6.07, 6.45) is 0. The number of carbonyl (C=O) groups excluding carboxylic acids is 3. The number of amides is 2. The third-order valence-electron chi connectivity index (χ3n) is 4.40. The fourth-order valence-corrected chi connectivity index (χ4v) is 3.14. The molecule has 2 aromatic rings. The maximum Gasteiger partial charge on any atom is 0.325 e. The van der Waals surface area contributed by atoms with Gasteiger partial charge >= 0.3 is 5.97 Å². The van der Waals surface area contributed by atoms with E-state index >= 15 is 0 Å². The summed E-state index contributed by atoms with van der Waals surface area (Å²) < 4.78 is 5.00. The van der Waals surface area contributed by atoms with E-state index in [9.17, 15) is 14.4 Å². The highest BCUT2D eigenvalue weighted by molar-refractivity contribution is 5.96. The van der Waals surface area contributed by atoms with Crippen LogP contribution in [0.5, 0.6) is 0 Å². The fourth-order valence-electron chi connectivity index (χ4n) is 3.14. The van der Waals surface area contributed by atoms with Crippen molar-refractivity contribution < 1.29 is 19.1 Å². The standard InChI is InChI=1S/C23H28N2O4/c1-16(2)25(17(3)4)21(26)15-29-22(27)14-24-23(28)20-12-10-19(11-13-20)18-8-6-5-7-9-18/h5-13,16-17H,14-15H2,1-4H3,(H,24,28). The molecule has 0 fully saturated rings. The zero-order valence-corrected chi connectivity index (χ0v) is 17.3. The quantitative estimate of drug-likeness (QED) is 0.695. The number of hydrogen-bond donors (Lipinski definition) is 1. The summed E-state index contributed by atoms with van der Waals surface area (Å²) >= 11 is 0. The van der Waals surface area contributed by atoms with Gasteiger partial charge in [-0.05, 0) is 51.0 Å². The molecule has 0 radical (unpaired) electrons. The summed E-state index contributed by atoms with van der Waals surface area (Å²) in [6.45, 7) is 6.99. The topological polar surface area (TPSA) is 75.7 Å². The summed E-state index contributed by atoms with van der Waals surface area (Å²) in [5, 5.41) is 2.52. The Labute approximate surface area is 171 Å². The summed E-state index contributed by atoms with van der Waals surface area (Å²) in [7, 11) is 0. The van der Waals surface area contributed by atoms with Crippen LogP contribution in [0.25, 0.3) is 11.1 Å². The number of nitrogens with zero attached hydrogens (tertiary/aromatic N) is 1. The van der Waals surface area contributed by atoms with Crippen molar-refractivity contribution in [2.75, 3.05) is 13.2 Å². The second-order valence-electron chi connectivity index (χ2n) is 7.28. The first kappa shape index (κ1) is 22.1. The van der Waals surface area contributed by atoms with Crippen LogP contribution in [0.2, 0.25) is 0 Å². The first-order valence-electron chi connectivity index (χ1n) is 9.70. The first-order valence-corrected chi connectivity index (χ1v) is 9.70. The maximum atomic E-state index is 12.2. The number of hydrogen-bond acceptors (Lipinski definition) is 4. The second-order valence-corrected chi connectivity index (χ2v) is 7.28. The lowest BCUT2D eigenvalue weighted by Crippen LogP contribution is -2.44. The van der Waals surface area contributed by atoms with Gasteiger partial charge in [0, 0.05) is 17.6 Å². The lowest BCUT2D eigenvalue weighted by atomic mass is 10.0. The molecule has 154 valence electrons. The van der Waals surface area contributed by atoms with E-state index in [0.29, 0.717) is 5.56 Å². The molecule has 0 aromatic heterocycles. The molecule has 0 saturated heterocycles. The largest absolute Gasteiger partial charge is 0.454 e. The highest BCUT2D eigenvalue weighted by Gasteiger charge is 2.21. The zero-order chi connectivity index (χ0) is 21.4. The molecule has 0 heterocycles. The minimum atomic E-state index is -0.653. The molecule has 0 atom stereocenters. The van der Waals surface area contributed by atoms with Gasteiger partial charge in [0.1, 0.15) is 6.54 Å². The molecule has 2 amide bonds. The molecule has 0 aliphatic rings. The molecule has 0 saturated carbocycles. The van der Waals surface area contributed by atoms with Crippen LogP contribution < -0.4 is 5.32 Å². The van der Waals surface area contributed by atoms with E-state index in [2.05, 4.69) is 5.32 Å². The maximum absolute atomic E-state index is 12.2. The number of rotatable bonds is 8. The van der Waals surface area contributed by atoms with Crippen molar-refractivity contribution in [3.8, 4) is 11.1 Å². The smallest absolute Gasteiger partial charge is 0.325 e. The van der Waals surface area contributed by atoms with Gasteiger partial charge in [-0.1, -0.05) is 42.5 Å². The van der Waals surface area contributed by atoms with Gasteiger partial charge in [0.25, 0.3) is 11.8 Å². The molecule has 2 rings (SSSR count). The Kier molecular flexibility index (Phi) is 7.95. The van der Waals surface area contributed by atoms with Gasteiger partial charge in [-0.25, -0.2) is 0 Å². The zero-order valence-electron chi connectivity index (χ0n) is 17.3. The van der Waals surface area contributed by atoms with Gasteiger partial charge in [0.2, 0.25) is 0 Å². The summed E-state index contributed by atoms with van der Waals surface area (Å²) in [5.41, 5.74) is 2.50. The summed E-state index contributed by atoms with van der Waals surface area (Å²) in [5.74, 6) is -1.29. The Morgan fingerprint density at radius 1 is 0.862 bits per heavy atom. The Morgan fingerprint density at radius 3 is 1.97 bits per heavy atom. The van der Waals surface area contributed by atoms with Crippen molar-refractivity contribution in [3.05, 3.63) is 60.2 Å². The van der Waals surface area contributed by atoms with Crippen LogP contribution >= 0.6 is 0 Å². The van der Waals surface area contributed by atoms with Crippen LogP contribution in [-0.2, 0) is 14.3 Å². The molecule has 0 aliphatic carbocycles. The molecule has 6 heteroatoms. The lowest BCUT2D eigenvalue weighted by molar-refractivity contribution is -0.152. The Balaban J connectivity index is 1.82. The minimum Gasteiger partial charge on any atom is -0.454 e. The highest BCUT2D eigenvalue weighted by atomic mass is 16.5. The number of benzene rings is 2. The van der Waals surface area contributed by atoms with Gasteiger partial charge < -0.3 is 15.0 Å². The molecule has 0 spiro atoms. The van der Waals surface area contributed by atoms with E-state index in [0.717, 1.165) is 11.1 Å². The summed E-state index contributed by atoms with van der Waals surface area (Å²) in [4.78, 5) is 38.0. The minimum absolute atomic E-state index is 0.0137. The van der Waals surface area contributed by atoms with E-state index in [1.165, 1.54) is 0 Å². The Bertz CT molecular complexity index is 822. The predicted octanol–water partition coefficient (Wildman–Crippen LogP) is 3.27. The normalized spacial score (nSPS) is 10.7. The molecular formula is C23H28N2O4. The average Bonchev–Trinajstić information content (AvgIpc) is 2.70. The average molecular weight is 396 g/mol. The molecule has 0 aliphatic heterocycles. The SMILES string of the molecule is CC(C)N(C(=O)COC(=O)CNC(=O)c1ccc(-c2ccccc2)cc1)C(C)C. The Hall–Kier alpha value is -3.15. The van der Waals surface area contributed by atoms with Gasteiger partial charge in [0.05, 0.1) is 0 Å². The van der Waals surface area contributed by atoms with E-state index in [1.54, 1.807) is 17.0 Å². The molecule has 1 N–H and O–H groups in total. The third kappa shape index (κ3) is 6.45. The molecular weight excluding hydrogens is 368 g/mol. The molecule has 6 nitrogen and oxygen atoms in total. The Morgan fingerprint density at radius 2 is 1.41 bits per heavy atom.